The Morgan fingerprint density at radius 3 is 2.96 bits per heavy atom. The molecule has 0 aliphatic carbocycles. The normalized spacial score (nSPS) is 26.4. The van der Waals surface area contributed by atoms with Crippen molar-refractivity contribution in [1.29, 1.82) is 0 Å². The number of benzene rings is 1. The molecule has 1 spiro atoms. The Hall–Kier alpha value is -0.810. The van der Waals surface area contributed by atoms with Crippen LogP contribution in [0.2, 0.25) is 5.02 Å². The Morgan fingerprint density at radius 1 is 1.28 bits per heavy atom. The summed E-state index contributed by atoms with van der Waals surface area (Å²) in [6, 6.07) is 6.01. The lowest BCUT2D eigenvalue weighted by atomic mass is 9.78. The van der Waals surface area contributed by atoms with Gasteiger partial charge in [-0.3, -0.25) is 4.90 Å². The fourth-order valence-electron chi connectivity index (χ4n) is 4.54. The number of rotatable bonds is 5. The van der Waals surface area contributed by atoms with E-state index in [0.717, 1.165) is 36.8 Å². The Balaban J connectivity index is 1.40. The van der Waals surface area contributed by atoms with E-state index in [-0.39, 0.29) is 6.10 Å². The van der Waals surface area contributed by atoms with Crippen LogP contribution in [-0.2, 0) is 11.3 Å². The molecule has 1 atom stereocenters. The third-order valence-electron chi connectivity index (χ3n) is 6.05. The van der Waals surface area contributed by atoms with Crippen LogP contribution < -0.4 is 10.1 Å². The van der Waals surface area contributed by atoms with Crippen molar-refractivity contribution in [3.05, 3.63) is 28.8 Å². The molecule has 3 aliphatic heterocycles. The zero-order chi connectivity index (χ0) is 17.1. The van der Waals surface area contributed by atoms with Crippen LogP contribution in [0.3, 0.4) is 0 Å². The van der Waals surface area contributed by atoms with Crippen LogP contribution in [-0.4, -0.2) is 50.4 Å². The van der Waals surface area contributed by atoms with E-state index in [1.54, 1.807) is 0 Å². The van der Waals surface area contributed by atoms with Crippen LogP contribution in [0.1, 0.15) is 37.7 Å². The standard InChI is InChI=1S/C20H29ClN2O2/c21-17-3-4-19(25-14-18-2-1-11-24-18)16(12-17)13-23-10-7-20(15-23)5-8-22-9-6-20/h3-4,12,18,22H,1-2,5-11,13-15H2. The molecule has 1 N–H and O–H groups in total. The molecule has 1 aromatic rings. The van der Waals surface area contributed by atoms with Gasteiger partial charge in [0.05, 0.1) is 6.10 Å². The van der Waals surface area contributed by atoms with Gasteiger partial charge >= 0.3 is 0 Å². The van der Waals surface area contributed by atoms with E-state index < -0.39 is 0 Å². The van der Waals surface area contributed by atoms with E-state index in [0.29, 0.717) is 12.0 Å². The minimum absolute atomic E-state index is 0.244. The number of nitrogens with zero attached hydrogens (tertiary/aromatic N) is 1. The maximum atomic E-state index is 6.26. The second-order valence-electron chi connectivity index (χ2n) is 7.91. The first-order valence-electron chi connectivity index (χ1n) is 9.68. The largest absolute Gasteiger partial charge is 0.491 e. The monoisotopic (exact) mass is 364 g/mol. The van der Waals surface area contributed by atoms with E-state index in [4.69, 9.17) is 21.1 Å². The third kappa shape index (κ3) is 4.30. The summed E-state index contributed by atoms with van der Waals surface area (Å²) >= 11 is 6.26. The molecule has 3 heterocycles. The quantitative estimate of drug-likeness (QED) is 0.867. The molecule has 138 valence electrons. The van der Waals surface area contributed by atoms with E-state index >= 15 is 0 Å². The Labute approximate surface area is 155 Å². The van der Waals surface area contributed by atoms with Gasteiger partial charge < -0.3 is 14.8 Å². The molecule has 5 heteroatoms. The van der Waals surface area contributed by atoms with Crippen molar-refractivity contribution in [2.45, 2.75) is 44.8 Å². The molecule has 3 saturated heterocycles. The van der Waals surface area contributed by atoms with E-state index in [1.807, 2.05) is 12.1 Å². The van der Waals surface area contributed by atoms with Crippen LogP contribution >= 0.6 is 11.6 Å². The molecule has 0 saturated carbocycles. The molecule has 4 rings (SSSR count). The van der Waals surface area contributed by atoms with Crippen LogP contribution in [0.4, 0.5) is 0 Å². The average molecular weight is 365 g/mol. The van der Waals surface area contributed by atoms with Gasteiger partial charge in [0.25, 0.3) is 0 Å². The first-order valence-corrected chi connectivity index (χ1v) is 10.1. The highest BCUT2D eigenvalue weighted by molar-refractivity contribution is 6.30. The predicted octanol–water partition coefficient (Wildman–Crippen LogP) is 3.47. The summed E-state index contributed by atoms with van der Waals surface area (Å²) in [6.45, 7) is 7.15. The van der Waals surface area contributed by atoms with Crippen molar-refractivity contribution < 1.29 is 9.47 Å². The summed E-state index contributed by atoms with van der Waals surface area (Å²) in [5.74, 6) is 0.964. The van der Waals surface area contributed by atoms with Crippen molar-refractivity contribution in [3.8, 4) is 5.75 Å². The number of halogens is 1. The second kappa shape index (κ2) is 7.83. The Bertz CT molecular complexity index is 583. The van der Waals surface area contributed by atoms with E-state index in [2.05, 4.69) is 16.3 Å². The summed E-state index contributed by atoms with van der Waals surface area (Å²) in [4.78, 5) is 2.58. The van der Waals surface area contributed by atoms with Gasteiger partial charge in [-0.15, -0.1) is 0 Å². The summed E-state index contributed by atoms with van der Waals surface area (Å²) < 4.78 is 11.8. The molecular formula is C20H29ClN2O2. The molecule has 3 fully saturated rings. The van der Waals surface area contributed by atoms with Crippen molar-refractivity contribution in [2.75, 3.05) is 39.4 Å². The van der Waals surface area contributed by atoms with Gasteiger partial charge in [0.2, 0.25) is 0 Å². The molecule has 0 aromatic heterocycles. The number of hydrogen-bond donors (Lipinski definition) is 1. The number of likely N-dealkylation sites (tertiary alicyclic amines) is 1. The maximum absolute atomic E-state index is 6.26. The van der Waals surface area contributed by atoms with Crippen molar-refractivity contribution in [3.63, 3.8) is 0 Å². The topological polar surface area (TPSA) is 33.7 Å². The highest BCUT2D eigenvalue weighted by atomic mass is 35.5. The first kappa shape index (κ1) is 17.6. The number of piperidine rings is 1. The molecular weight excluding hydrogens is 336 g/mol. The molecule has 0 bridgehead atoms. The zero-order valence-electron chi connectivity index (χ0n) is 14.9. The van der Waals surface area contributed by atoms with E-state index in [9.17, 15) is 0 Å². The average Bonchev–Trinajstić information content (AvgIpc) is 3.26. The lowest BCUT2D eigenvalue weighted by Crippen LogP contribution is -2.38. The van der Waals surface area contributed by atoms with Crippen LogP contribution in [0.25, 0.3) is 0 Å². The van der Waals surface area contributed by atoms with Gasteiger partial charge in [0.1, 0.15) is 12.4 Å². The number of ether oxygens (including phenoxy) is 2. The smallest absolute Gasteiger partial charge is 0.124 e. The molecule has 0 radical (unpaired) electrons. The van der Waals surface area contributed by atoms with Gasteiger partial charge in [0, 0.05) is 30.3 Å². The lowest BCUT2D eigenvalue weighted by Gasteiger charge is -2.34. The van der Waals surface area contributed by atoms with Gasteiger partial charge in [-0.2, -0.15) is 0 Å². The summed E-state index contributed by atoms with van der Waals surface area (Å²) in [7, 11) is 0. The highest BCUT2D eigenvalue weighted by Gasteiger charge is 2.38. The highest BCUT2D eigenvalue weighted by Crippen LogP contribution is 2.39. The Kier molecular flexibility index (Phi) is 5.51. The molecule has 4 nitrogen and oxygen atoms in total. The summed E-state index contributed by atoms with van der Waals surface area (Å²) in [6.07, 6.45) is 6.43. The fraction of sp³-hybridized carbons (Fsp3) is 0.700. The third-order valence-corrected chi connectivity index (χ3v) is 6.28. The molecule has 3 aliphatic rings. The van der Waals surface area contributed by atoms with Gasteiger partial charge in [-0.05, 0) is 75.4 Å². The minimum atomic E-state index is 0.244. The second-order valence-corrected chi connectivity index (χ2v) is 8.35. The maximum Gasteiger partial charge on any atom is 0.124 e. The minimum Gasteiger partial charge on any atom is -0.491 e. The van der Waals surface area contributed by atoms with Gasteiger partial charge in [-0.25, -0.2) is 0 Å². The number of hydrogen-bond acceptors (Lipinski definition) is 4. The Morgan fingerprint density at radius 2 is 2.16 bits per heavy atom. The summed E-state index contributed by atoms with van der Waals surface area (Å²) in [5.41, 5.74) is 1.74. The van der Waals surface area contributed by atoms with Gasteiger partial charge in [-0.1, -0.05) is 11.6 Å². The van der Waals surface area contributed by atoms with Crippen molar-refractivity contribution in [1.82, 2.24) is 10.2 Å². The van der Waals surface area contributed by atoms with Crippen molar-refractivity contribution in [2.24, 2.45) is 5.41 Å². The van der Waals surface area contributed by atoms with Crippen LogP contribution in [0.15, 0.2) is 18.2 Å². The van der Waals surface area contributed by atoms with Crippen molar-refractivity contribution >= 4 is 11.6 Å². The molecule has 1 unspecified atom stereocenters. The fourth-order valence-corrected chi connectivity index (χ4v) is 4.73. The van der Waals surface area contributed by atoms with E-state index in [1.165, 1.54) is 51.0 Å². The molecule has 0 amide bonds. The van der Waals surface area contributed by atoms with Gasteiger partial charge in [0.15, 0.2) is 0 Å². The first-order chi connectivity index (χ1) is 12.2. The van der Waals surface area contributed by atoms with Crippen LogP contribution in [0.5, 0.6) is 5.75 Å². The SMILES string of the molecule is Clc1ccc(OCC2CCCO2)c(CN2CCC3(CCNCC3)C2)c1. The summed E-state index contributed by atoms with van der Waals surface area (Å²) in [5, 5.41) is 4.28. The number of nitrogens with one attached hydrogen (secondary N) is 1. The molecule has 1 aromatic carbocycles. The molecule has 25 heavy (non-hydrogen) atoms. The zero-order valence-corrected chi connectivity index (χ0v) is 15.7. The predicted molar refractivity (Wildman–Crippen MR) is 100 cm³/mol. The lowest BCUT2D eigenvalue weighted by molar-refractivity contribution is 0.0673. The van der Waals surface area contributed by atoms with Crippen LogP contribution in [0, 0.1) is 5.41 Å².